The van der Waals surface area contributed by atoms with Crippen molar-refractivity contribution in [3.8, 4) is 0 Å². The van der Waals surface area contributed by atoms with E-state index in [9.17, 15) is 9.59 Å². The molecule has 1 aliphatic rings. The molecule has 0 spiro atoms. The number of anilines is 2. The summed E-state index contributed by atoms with van der Waals surface area (Å²) >= 11 is 0. The van der Waals surface area contributed by atoms with Crippen LogP contribution >= 0.6 is 0 Å². The highest BCUT2D eigenvalue weighted by molar-refractivity contribution is 5.99. The van der Waals surface area contributed by atoms with Gasteiger partial charge in [0.25, 0.3) is 5.91 Å². The molecule has 2 amide bonds. The molecule has 1 heterocycles. The molecule has 3 rings (SSSR count). The summed E-state index contributed by atoms with van der Waals surface area (Å²) in [5.41, 5.74) is 2.42. The summed E-state index contributed by atoms with van der Waals surface area (Å²) in [4.78, 5) is 28.6. The fourth-order valence-electron chi connectivity index (χ4n) is 2.88. The van der Waals surface area contributed by atoms with E-state index >= 15 is 0 Å². The van der Waals surface area contributed by atoms with E-state index in [0.717, 1.165) is 37.6 Å². The van der Waals surface area contributed by atoms with Gasteiger partial charge in [0.15, 0.2) is 0 Å². The van der Waals surface area contributed by atoms with Crippen LogP contribution in [0.1, 0.15) is 10.4 Å². The lowest BCUT2D eigenvalue weighted by Crippen LogP contribution is -2.44. The van der Waals surface area contributed by atoms with Crippen molar-refractivity contribution >= 4 is 23.2 Å². The number of carbonyl (C=O) groups is 2. The second-order valence-electron chi connectivity index (χ2n) is 6.43. The van der Waals surface area contributed by atoms with Gasteiger partial charge in [0.05, 0.1) is 6.54 Å². The van der Waals surface area contributed by atoms with Crippen LogP contribution in [0.2, 0.25) is 0 Å². The molecule has 6 nitrogen and oxygen atoms in total. The maximum absolute atomic E-state index is 12.0. The molecule has 1 fully saturated rings. The first-order valence-corrected chi connectivity index (χ1v) is 8.78. The fraction of sp³-hybridized carbons (Fsp3) is 0.300. The monoisotopic (exact) mass is 352 g/mol. The molecular formula is C20H24N4O2. The quantitative estimate of drug-likeness (QED) is 0.861. The van der Waals surface area contributed by atoms with Crippen molar-refractivity contribution in [2.45, 2.75) is 0 Å². The largest absolute Gasteiger partial charge is 0.369 e. The molecule has 0 unspecified atom stereocenters. The number of amides is 2. The normalized spacial score (nSPS) is 14.7. The first-order valence-electron chi connectivity index (χ1n) is 8.78. The molecule has 6 heteroatoms. The third-order valence-corrected chi connectivity index (χ3v) is 4.46. The van der Waals surface area contributed by atoms with Gasteiger partial charge in [-0.25, -0.2) is 0 Å². The highest BCUT2D eigenvalue weighted by atomic mass is 16.2. The van der Waals surface area contributed by atoms with Crippen LogP contribution in [0.15, 0.2) is 54.6 Å². The van der Waals surface area contributed by atoms with Crippen molar-refractivity contribution in [3.63, 3.8) is 0 Å². The molecule has 1 saturated heterocycles. The number of carbonyl (C=O) groups excluding carboxylic acids is 2. The minimum Gasteiger partial charge on any atom is -0.369 e. The summed E-state index contributed by atoms with van der Waals surface area (Å²) in [6.07, 6.45) is 0. The Labute approximate surface area is 153 Å². The van der Waals surface area contributed by atoms with E-state index in [1.54, 1.807) is 24.3 Å². The van der Waals surface area contributed by atoms with Crippen LogP contribution in [-0.4, -0.2) is 56.5 Å². The molecular weight excluding hydrogens is 328 g/mol. The first-order chi connectivity index (χ1) is 12.6. The van der Waals surface area contributed by atoms with Crippen LogP contribution in [0.5, 0.6) is 0 Å². The summed E-state index contributed by atoms with van der Waals surface area (Å²) in [5, 5.41) is 5.43. The zero-order valence-electron chi connectivity index (χ0n) is 14.9. The number of benzene rings is 2. The Morgan fingerprint density at radius 2 is 1.58 bits per heavy atom. The van der Waals surface area contributed by atoms with Crippen molar-refractivity contribution in [1.82, 2.24) is 10.2 Å². The van der Waals surface area contributed by atoms with Gasteiger partial charge in [-0.05, 0) is 43.4 Å². The molecule has 2 N–H and O–H groups in total. The highest BCUT2D eigenvalue weighted by Crippen LogP contribution is 2.19. The average Bonchev–Trinajstić information content (AvgIpc) is 2.68. The Kier molecular flexibility index (Phi) is 5.86. The molecule has 136 valence electrons. The van der Waals surface area contributed by atoms with Crippen LogP contribution in [0.25, 0.3) is 0 Å². The van der Waals surface area contributed by atoms with E-state index in [0.29, 0.717) is 5.56 Å². The van der Waals surface area contributed by atoms with E-state index in [-0.39, 0.29) is 18.4 Å². The van der Waals surface area contributed by atoms with E-state index in [1.165, 1.54) is 0 Å². The topological polar surface area (TPSA) is 64.7 Å². The lowest BCUT2D eigenvalue weighted by Gasteiger charge is -2.34. The minimum absolute atomic E-state index is 0.0616. The maximum Gasteiger partial charge on any atom is 0.251 e. The molecule has 2 aromatic carbocycles. The summed E-state index contributed by atoms with van der Waals surface area (Å²) in [5.74, 6) is -0.507. The molecule has 0 radical (unpaired) electrons. The Morgan fingerprint density at radius 3 is 2.23 bits per heavy atom. The van der Waals surface area contributed by atoms with Gasteiger partial charge in [-0.1, -0.05) is 18.2 Å². The predicted octanol–water partition coefficient (Wildman–Crippen LogP) is 1.81. The summed E-state index contributed by atoms with van der Waals surface area (Å²) < 4.78 is 0. The van der Waals surface area contributed by atoms with Crippen molar-refractivity contribution in [3.05, 3.63) is 60.2 Å². The molecule has 0 aliphatic carbocycles. The van der Waals surface area contributed by atoms with Crippen molar-refractivity contribution in [1.29, 1.82) is 0 Å². The number of nitrogens with one attached hydrogen (secondary N) is 2. The SMILES string of the molecule is CN1CCN(c2ccc(NC(=O)CNC(=O)c3ccccc3)cc2)CC1. The van der Waals surface area contributed by atoms with E-state index in [4.69, 9.17) is 0 Å². The Hall–Kier alpha value is -2.86. The van der Waals surface area contributed by atoms with Gasteiger partial charge in [-0.2, -0.15) is 0 Å². The molecule has 0 aromatic heterocycles. The fourth-order valence-corrected chi connectivity index (χ4v) is 2.88. The highest BCUT2D eigenvalue weighted by Gasteiger charge is 2.14. The number of hydrogen-bond acceptors (Lipinski definition) is 4. The summed E-state index contributed by atoms with van der Waals surface area (Å²) in [6.45, 7) is 4.06. The van der Waals surface area contributed by atoms with Gasteiger partial charge in [0, 0.05) is 43.1 Å². The van der Waals surface area contributed by atoms with E-state index in [1.807, 2.05) is 30.3 Å². The molecule has 26 heavy (non-hydrogen) atoms. The number of rotatable bonds is 5. The van der Waals surface area contributed by atoms with E-state index < -0.39 is 0 Å². The second-order valence-corrected chi connectivity index (χ2v) is 6.43. The van der Waals surface area contributed by atoms with Gasteiger partial charge in [0.2, 0.25) is 5.91 Å². The van der Waals surface area contributed by atoms with E-state index in [2.05, 4.69) is 27.5 Å². The number of likely N-dealkylation sites (N-methyl/N-ethyl adjacent to an activating group) is 1. The van der Waals surface area contributed by atoms with Crippen molar-refractivity contribution < 1.29 is 9.59 Å². The van der Waals surface area contributed by atoms with Crippen LogP contribution in [0.3, 0.4) is 0 Å². The number of nitrogens with zero attached hydrogens (tertiary/aromatic N) is 2. The summed E-state index contributed by atoms with van der Waals surface area (Å²) in [6, 6.07) is 16.7. The molecule has 2 aromatic rings. The average molecular weight is 352 g/mol. The lowest BCUT2D eigenvalue weighted by molar-refractivity contribution is -0.115. The standard InChI is InChI=1S/C20H24N4O2/c1-23-11-13-24(14-12-23)18-9-7-17(8-10-18)22-19(25)15-21-20(26)16-5-3-2-4-6-16/h2-10H,11-15H2,1H3,(H,21,26)(H,22,25). The predicted molar refractivity (Wildman–Crippen MR) is 104 cm³/mol. The lowest BCUT2D eigenvalue weighted by atomic mass is 10.2. The first kappa shape index (κ1) is 17.9. The smallest absolute Gasteiger partial charge is 0.251 e. The third-order valence-electron chi connectivity index (χ3n) is 4.46. The number of piperazine rings is 1. The van der Waals surface area contributed by atoms with Crippen molar-refractivity contribution in [2.75, 3.05) is 50.0 Å². The maximum atomic E-state index is 12.0. The Morgan fingerprint density at radius 1 is 0.923 bits per heavy atom. The van der Waals surface area contributed by atoms with Crippen LogP contribution in [0.4, 0.5) is 11.4 Å². The van der Waals surface area contributed by atoms with Crippen LogP contribution in [-0.2, 0) is 4.79 Å². The zero-order chi connectivity index (χ0) is 18.4. The molecule has 0 bridgehead atoms. The van der Waals surface area contributed by atoms with Crippen LogP contribution < -0.4 is 15.5 Å². The molecule has 0 saturated carbocycles. The molecule has 0 atom stereocenters. The Bertz CT molecular complexity index is 738. The summed E-state index contributed by atoms with van der Waals surface area (Å²) in [7, 11) is 2.13. The van der Waals surface area contributed by atoms with Crippen LogP contribution in [0, 0.1) is 0 Å². The third kappa shape index (κ3) is 4.83. The number of hydrogen-bond donors (Lipinski definition) is 2. The Balaban J connectivity index is 1.48. The van der Waals surface area contributed by atoms with Crippen molar-refractivity contribution in [2.24, 2.45) is 0 Å². The van der Waals surface area contributed by atoms with Gasteiger partial charge in [0.1, 0.15) is 0 Å². The molecule has 1 aliphatic heterocycles. The second kappa shape index (κ2) is 8.49. The van der Waals surface area contributed by atoms with Gasteiger partial charge < -0.3 is 20.4 Å². The van der Waals surface area contributed by atoms with Gasteiger partial charge in [-0.3, -0.25) is 9.59 Å². The minimum atomic E-state index is -0.258. The zero-order valence-corrected chi connectivity index (χ0v) is 14.9. The van der Waals surface area contributed by atoms with Gasteiger partial charge >= 0.3 is 0 Å². The van der Waals surface area contributed by atoms with Gasteiger partial charge in [-0.15, -0.1) is 0 Å².